The second-order valence-electron chi connectivity index (χ2n) is 3.36. The van der Waals surface area contributed by atoms with Crippen LogP contribution in [0.25, 0.3) is 0 Å². The van der Waals surface area contributed by atoms with Crippen LogP contribution >= 0.6 is 0 Å². The van der Waals surface area contributed by atoms with Gasteiger partial charge in [-0.3, -0.25) is 0 Å². The fourth-order valence-electron chi connectivity index (χ4n) is 1.49. The molecule has 1 aromatic carbocycles. The fraction of sp³-hybridized carbons (Fsp3) is 0.364. The van der Waals surface area contributed by atoms with Crippen molar-refractivity contribution >= 4 is 5.97 Å². The number of carboxylic acid groups (broad SMARTS) is 1. The van der Waals surface area contributed by atoms with Crippen LogP contribution in [0.2, 0.25) is 0 Å². The molecule has 0 aliphatic carbocycles. The lowest BCUT2D eigenvalue weighted by Crippen LogP contribution is -2.14. The van der Waals surface area contributed by atoms with Crippen molar-refractivity contribution in [2.75, 3.05) is 20.8 Å². The molecule has 17 heavy (non-hydrogen) atoms. The summed E-state index contributed by atoms with van der Waals surface area (Å²) < 4.78 is 10.1. The van der Waals surface area contributed by atoms with Crippen molar-refractivity contribution in [1.29, 1.82) is 0 Å². The molecule has 0 radical (unpaired) electrons. The third kappa shape index (κ3) is 2.66. The monoisotopic (exact) mass is 241 g/mol. The zero-order valence-corrected chi connectivity index (χ0v) is 9.64. The summed E-state index contributed by atoms with van der Waals surface area (Å²) in [6.45, 7) is -0.0391. The summed E-state index contributed by atoms with van der Waals surface area (Å²) in [6.07, 6.45) is -1.00. The normalized spacial score (nSPS) is 12.0. The van der Waals surface area contributed by atoms with E-state index in [4.69, 9.17) is 20.3 Å². The van der Waals surface area contributed by atoms with Gasteiger partial charge in [0.25, 0.3) is 0 Å². The van der Waals surface area contributed by atoms with E-state index >= 15 is 0 Å². The molecule has 0 fully saturated rings. The Kier molecular flexibility index (Phi) is 4.30. The van der Waals surface area contributed by atoms with E-state index in [1.165, 1.54) is 26.4 Å². The van der Waals surface area contributed by atoms with E-state index in [2.05, 4.69) is 0 Å². The minimum Gasteiger partial charge on any atom is -0.493 e. The number of carboxylic acids is 1. The van der Waals surface area contributed by atoms with E-state index in [-0.39, 0.29) is 23.6 Å². The van der Waals surface area contributed by atoms with Crippen molar-refractivity contribution in [2.24, 2.45) is 5.73 Å². The molecular weight excluding hydrogens is 226 g/mol. The van der Waals surface area contributed by atoms with Crippen LogP contribution in [0.5, 0.6) is 11.5 Å². The highest BCUT2D eigenvalue weighted by Crippen LogP contribution is 2.35. The number of methoxy groups -OCH3 is 2. The van der Waals surface area contributed by atoms with Crippen LogP contribution in [0.3, 0.4) is 0 Å². The van der Waals surface area contributed by atoms with Gasteiger partial charge in [-0.15, -0.1) is 0 Å². The Bertz CT molecular complexity index is 419. The lowest BCUT2D eigenvalue weighted by Gasteiger charge is -2.16. The number of ether oxygens (including phenoxy) is 2. The molecule has 0 aromatic heterocycles. The van der Waals surface area contributed by atoms with E-state index in [1.54, 1.807) is 0 Å². The van der Waals surface area contributed by atoms with Crippen molar-refractivity contribution in [3.05, 3.63) is 23.3 Å². The Morgan fingerprint density at radius 2 is 2.06 bits per heavy atom. The summed E-state index contributed by atoms with van der Waals surface area (Å²) in [7, 11) is 2.80. The Labute approximate surface area is 98.6 Å². The molecular formula is C11H15NO5. The van der Waals surface area contributed by atoms with Gasteiger partial charge in [0, 0.05) is 12.1 Å². The van der Waals surface area contributed by atoms with Crippen LogP contribution in [0.4, 0.5) is 0 Å². The standard InChI is InChI=1S/C11H15NO5/c1-16-9-4-6(11(14)15)3-7(8(13)5-12)10(9)17-2/h3-4,8,13H,5,12H2,1-2H3,(H,14,15). The molecule has 1 aromatic rings. The Hall–Kier alpha value is -1.79. The topological polar surface area (TPSA) is 102 Å². The van der Waals surface area contributed by atoms with Crippen LogP contribution < -0.4 is 15.2 Å². The van der Waals surface area contributed by atoms with E-state index < -0.39 is 12.1 Å². The molecule has 0 spiro atoms. The van der Waals surface area contributed by atoms with Crippen LogP contribution in [-0.2, 0) is 0 Å². The van der Waals surface area contributed by atoms with Gasteiger partial charge in [0.05, 0.1) is 25.9 Å². The van der Waals surface area contributed by atoms with Gasteiger partial charge in [0.2, 0.25) is 0 Å². The van der Waals surface area contributed by atoms with Crippen molar-refractivity contribution in [3.8, 4) is 11.5 Å². The molecule has 0 amide bonds. The van der Waals surface area contributed by atoms with Gasteiger partial charge in [0.15, 0.2) is 11.5 Å². The largest absolute Gasteiger partial charge is 0.493 e. The smallest absolute Gasteiger partial charge is 0.335 e. The molecule has 1 rings (SSSR count). The first-order valence-electron chi connectivity index (χ1n) is 4.92. The maximum atomic E-state index is 10.9. The molecule has 0 heterocycles. The van der Waals surface area contributed by atoms with E-state index in [9.17, 15) is 9.90 Å². The van der Waals surface area contributed by atoms with Crippen molar-refractivity contribution in [1.82, 2.24) is 0 Å². The van der Waals surface area contributed by atoms with Crippen LogP contribution in [0.15, 0.2) is 12.1 Å². The number of aliphatic hydroxyl groups excluding tert-OH is 1. The molecule has 0 aliphatic rings. The van der Waals surface area contributed by atoms with Crippen LogP contribution in [-0.4, -0.2) is 36.9 Å². The average molecular weight is 241 g/mol. The Balaban J connectivity index is 3.42. The minimum absolute atomic E-state index is 0.00477. The molecule has 0 saturated heterocycles. The Morgan fingerprint density at radius 3 is 2.47 bits per heavy atom. The average Bonchev–Trinajstić information content (AvgIpc) is 2.35. The first kappa shape index (κ1) is 13.3. The maximum Gasteiger partial charge on any atom is 0.335 e. The molecule has 0 bridgehead atoms. The SMILES string of the molecule is COc1cc(C(=O)O)cc(C(O)CN)c1OC. The number of aliphatic hydroxyl groups is 1. The summed E-state index contributed by atoms with van der Waals surface area (Å²) in [6, 6.07) is 2.65. The first-order valence-corrected chi connectivity index (χ1v) is 4.92. The quantitative estimate of drug-likeness (QED) is 0.689. The fourth-order valence-corrected chi connectivity index (χ4v) is 1.49. The number of rotatable bonds is 5. The predicted molar refractivity (Wildman–Crippen MR) is 60.5 cm³/mol. The molecule has 0 saturated carbocycles. The summed E-state index contributed by atoms with van der Waals surface area (Å²) in [5.74, 6) is -0.582. The summed E-state index contributed by atoms with van der Waals surface area (Å²) >= 11 is 0. The summed E-state index contributed by atoms with van der Waals surface area (Å²) in [5, 5.41) is 18.7. The highest BCUT2D eigenvalue weighted by molar-refractivity contribution is 5.89. The molecule has 1 unspecified atom stereocenters. The van der Waals surface area contributed by atoms with Gasteiger partial charge < -0.3 is 25.4 Å². The number of benzene rings is 1. The zero-order chi connectivity index (χ0) is 13.0. The second kappa shape index (κ2) is 5.51. The molecule has 0 aliphatic heterocycles. The van der Waals surface area contributed by atoms with Gasteiger partial charge in [-0.25, -0.2) is 4.79 Å². The number of aromatic carboxylic acids is 1. The van der Waals surface area contributed by atoms with Crippen LogP contribution in [0.1, 0.15) is 22.0 Å². The molecule has 4 N–H and O–H groups in total. The lowest BCUT2D eigenvalue weighted by molar-refractivity contribution is 0.0696. The molecule has 94 valence electrons. The van der Waals surface area contributed by atoms with Gasteiger partial charge in [0.1, 0.15) is 0 Å². The van der Waals surface area contributed by atoms with Crippen molar-refractivity contribution in [2.45, 2.75) is 6.10 Å². The first-order chi connectivity index (χ1) is 8.04. The maximum absolute atomic E-state index is 10.9. The highest BCUT2D eigenvalue weighted by Gasteiger charge is 2.20. The summed E-state index contributed by atoms with van der Waals surface area (Å²) in [5.41, 5.74) is 5.65. The lowest BCUT2D eigenvalue weighted by atomic mass is 10.0. The van der Waals surface area contributed by atoms with Crippen molar-refractivity contribution < 1.29 is 24.5 Å². The number of nitrogens with two attached hydrogens (primary N) is 1. The van der Waals surface area contributed by atoms with Gasteiger partial charge >= 0.3 is 5.97 Å². The molecule has 1 atom stereocenters. The van der Waals surface area contributed by atoms with Gasteiger partial charge in [-0.2, -0.15) is 0 Å². The summed E-state index contributed by atoms with van der Waals surface area (Å²) in [4.78, 5) is 10.9. The van der Waals surface area contributed by atoms with Crippen molar-refractivity contribution in [3.63, 3.8) is 0 Å². The predicted octanol–water partition coefficient (Wildman–Crippen LogP) is 0.394. The number of carbonyl (C=O) groups is 1. The highest BCUT2D eigenvalue weighted by atomic mass is 16.5. The third-order valence-corrected chi connectivity index (χ3v) is 2.34. The van der Waals surface area contributed by atoms with Gasteiger partial charge in [-0.05, 0) is 12.1 Å². The van der Waals surface area contributed by atoms with E-state index in [0.29, 0.717) is 5.56 Å². The minimum atomic E-state index is -1.11. The number of hydrogen-bond acceptors (Lipinski definition) is 5. The molecule has 6 nitrogen and oxygen atoms in total. The number of hydrogen-bond donors (Lipinski definition) is 3. The zero-order valence-electron chi connectivity index (χ0n) is 9.64. The second-order valence-corrected chi connectivity index (χ2v) is 3.36. The van der Waals surface area contributed by atoms with E-state index in [1.807, 2.05) is 0 Å². The third-order valence-electron chi connectivity index (χ3n) is 2.34. The van der Waals surface area contributed by atoms with Gasteiger partial charge in [-0.1, -0.05) is 0 Å². The van der Waals surface area contributed by atoms with Crippen LogP contribution in [0, 0.1) is 0 Å². The Morgan fingerprint density at radius 1 is 1.41 bits per heavy atom. The van der Waals surface area contributed by atoms with E-state index in [0.717, 1.165) is 0 Å². The molecule has 6 heteroatoms.